The van der Waals surface area contributed by atoms with Crippen LogP contribution >= 0.6 is 0 Å². The van der Waals surface area contributed by atoms with Crippen LogP contribution in [0.4, 0.5) is 19.1 Å². The minimum Gasteiger partial charge on any atom is -0.474 e. The lowest BCUT2D eigenvalue weighted by molar-refractivity contribution is -0.0860. The van der Waals surface area contributed by atoms with Gasteiger partial charge in [-0.3, -0.25) is 4.98 Å². The standard InChI is InChI=1S/C23H23F3N4O3/c1-13-10-15(11-17(28-13)20(25)26)18-19(14-2-4-16(24)5-3-14)29-22(27)30-21(18)33-12-23(31)6-8-32-9-7-23/h2-5,10-11,20,31H,6-9,12H2,1H3,(H2,27,29,30). The third kappa shape index (κ3) is 5.23. The number of nitrogen functional groups attached to an aromatic ring is 1. The molecule has 4 rings (SSSR count). The van der Waals surface area contributed by atoms with Gasteiger partial charge >= 0.3 is 0 Å². The lowest BCUT2D eigenvalue weighted by atomic mass is 9.95. The van der Waals surface area contributed by atoms with Crippen molar-refractivity contribution in [1.29, 1.82) is 0 Å². The van der Waals surface area contributed by atoms with Crippen LogP contribution in [0.5, 0.6) is 5.88 Å². The van der Waals surface area contributed by atoms with Crippen LogP contribution < -0.4 is 10.5 Å². The molecule has 1 saturated heterocycles. The molecule has 3 heterocycles. The first-order valence-electron chi connectivity index (χ1n) is 10.4. The molecular formula is C23H23F3N4O3. The lowest BCUT2D eigenvalue weighted by Crippen LogP contribution is -2.41. The first-order valence-corrected chi connectivity index (χ1v) is 10.4. The molecule has 3 aromatic rings. The fourth-order valence-corrected chi connectivity index (χ4v) is 3.69. The van der Waals surface area contributed by atoms with Gasteiger partial charge in [0.15, 0.2) is 0 Å². The van der Waals surface area contributed by atoms with Crippen LogP contribution in [0, 0.1) is 12.7 Å². The normalized spacial score (nSPS) is 15.6. The second-order valence-corrected chi connectivity index (χ2v) is 7.97. The van der Waals surface area contributed by atoms with E-state index in [2.05, 4.69) is 15.0 Å². The number of aryl methyl sites for hydroxylation is 1. The summed E-state index contributed by atoms with van der Waals surface area (Å²) in [6, 6.07) is 8.34. The van der Waals surface area contributed by atoms with Crippen molar-refractivity contribution in [2.75, 3.05) is 25.6 Å². The van der Waals surface area contributed by atoms with E-state index < -0.39 is 23.5 Å². The monoisotopic (exact) mass is 460 g/mol. The third-order valence-corrected chi connectivity index (χ3v) is 5.40. The molecule has 7 nitrogen and oxygen atoms in total. The van der Waals surface area contributed by atoms with Crippen molar-refractivity contribution in [3.63, 3.8) is 0 Å². The van der Waals surface area contributed by atoms with Gasteiger partial charge in [-0.15, -0.1) is 0 Å². The van der Waals surface area contributed by atoms with Crippen LogP contribution in [-0.4, -0.2) is 45.5 Å². The van der Waals surface area contributed by atoms with Gasteiger partial charge in [-0.1, -0.05) is 0 Å². The summed E-state index contributed by atoms with van der Waals surface area (Å²) in [5, 5.41) is 10.8. The van der Waals surface area contributed by atoms with E-state index in [-0.39, 0.29) is 24.1 Å². The average Bonchev–Trinajstić information content (AvgIpc) is 2.78. The van der Waals surface area contributed by atoms with Gasteiger partial charge in [0.05, 0.1) is 11.3 Å². The van der Waals surface area contributed by atoms with Gasteiger partial charge in [0, 0.05) is 37.3 Å². The molecule has 0 spiro atoms. The lowest BCUT2D eigenvalue weighted by Gasteiger charge is -2.31. The predicted octanol–water partition coefficient (Wildman–Crippen LogP) is 4.09. The minimum absolute atomic E-state index is 0.0209. The Kier molecular flexibility index (Phi) is 6.48. The molecule has 0 radical (unpaired) electrons. The molecule has 3 N–H and O–H groups in total. The predicted molar refractivity (Wildman–Crippen MR) is 115 cm³/mol. The number of anilines is 1. The van der Waals surface area contributed by atoms with Gasteiger partial charge in [0.25, 0.3) is 6.43 Å². The van der Waals surface area contributed by atoms with Crippen LogP contribution in [0.1, 0.15) is 30.7 Å². The Morgan fingerprint density at radius 1 is 1.09 bits per heavy atom. The number of ether oxygens (including phenoxy) is 2. The van der Waals surface area contributed by atoms with Crippen molar-refractivity contribution in [2.45, 2.75) is 31.8 Å². The summed E-state index contributed by atoms with van der Waals surface area (Å²) in [5.41, 5.74) is 6.14. The molecule has 0 atom stereocenters. The summed E-state index contributed by atoms with van der Waals surface area (Å²) >= 11 is 0. The van der Waals surface area contributed by atoms with E-state index in [1.165, 1.54) is 30.3 Å². The van der Waals surface area contributed by atoms with Gasteiger partial charge in [-0.05, 0) is 48.9 Å². The zero-order valence-electron chi connectivity index (χ0n) is 17.9. The van der Waals surface area contributed by atoms with E-state index in [1.54, 1.807) is 13.0 Å². The summed E-state index contributed by atoms with van der Waals surface area (Å²) in [6.07, 6.45) is -2.05. The Bertz CT molecular complexity index is 1140. The Morgan fingerprint density at radius 3 is 2.45 bits per heavy atom. The number of nitrogens with zero attached hydrogens (tertiary/aromatic N) is 3. The Labute approximate surface area is 188 Å². The van der Waals surface area contributed by atoms with Crippen LogP contribution in [0.3, 0.4) is 0 Å². The van der Waals surface area contributed by atoms with E-state index in [9.17, 15) is 18.3 Å². The number of rotatable bonds is 6. The summed E-state index contributed by atoms with van der Waals surface area (Å²) < 4.78 is 51.7. The van der Waals surface area contributed by atoms with Gasteiger partial charge in [-0.25, -0.2) is 18.2 Å². The van der Waals surface area contributed by atoms with Crippen molar-refractivity contribution < 1.29 is 27.8 Å². The second kappa shape index (κ2) is 9.32. The smallest absolute Gasteiger partial charge is 0.280 e. The van der Waals surface area contributed by atoms with E-state index >= 15 is 0 Å². The van der Waals surface area contributed by atoms with Crippen LogP contribution in [0.2, 0.25) is 0 Å². The third-order valence-electron chi connectivity index (χ3n) is 5.40. The molecule has 0 amide bonds. The molecule has 1 aliphatic rings. The average molecular weight is 460 g/mol. The van der Waals surface area contributed by atoms with E-state index in [0.717, 1.165) is 0 Å². The van der Waals surface area contributed by atoms with Crippen LogP contribution in [0.15, 0.2) is 36.4 Å². The van der Waals surface area contributed by atoms with E-state index in [4.69, 9.17) is 15.2 Å². The molecular weight excluding hydrogens is 437 g/mol. The highest BCUT2D eigenvalue weighted by Gasteiger charge is 2.32. The highest BCUT2D eigenvalue weighted by atomic mass is 19.3. The molecule has 2 aromatic heterocycles. The van der Waals surface area contributed by atoms with Crippen molar-refractivity contribution in [1.82, 2.24) is 15.0 Å². The highest BCUT2D eigenvalue weighted by molar-refractivity contribution is 5.85. The number of aliphatic hydroxyl groups is 1. The molecule has 0 aliphatic carbocycles. The number of hydrogen-bond acceptors (Lipinski definition) is 7. The Hall–Kier alpha value is -3.24. The number of aromatic nitrogens is 3. The van der Waals surface area contributed by atoms with Gasteiger partial charge < -0.3 is 20.3 Å². The van der Waals surface area contributed by atoms with E-state index in [1.807, 2.05) is 0 Å². The van der Waals surface area contributed by atoms with Crippen LogP contribution in [-0.2, 0) is 4.74 Å². The number of nitrogens with two attached hydrogens (primary N) is 1. The molecule has 174 valence electrons. The highest BCUT2D eigenvalue weighted by Crippen LogP contribution is 2.39. The zero-order chi connectivity index (χ0) is 23.6. The first-order chi connectivity index (χ1) is 15.7. The number of alkyl halides is 2. The van der Waals surface area contributed by atoms with Gasteiger partial charge in [-0.2, -0.15) is 4.98 Å². The largest absolute Gasteiger partial charge is 0.474 e. The quantitative estimate of drug-likeness (QED) is 0.571. The molecule has 0 bridgehead atoms. The summed E-state index contributed by atoms with van der Waals surface area (Å²) in [5.74, 6) is -0.542. The molecule has 1 aromatic carbocycles. The number of halogens is 3. The summed E-state index contributed by atoms with van der Waals surface area (Å²) in [4.78, 5) is 12.4. The topological polar surface area (TPSA) is 103 Å². The number of benzene rings is 1. The summed E-state index contributed by atoms with van der Waals surface area (Å²) in [7, 11) is 0. The number of hydrogen-bond donors (Lipinski definition) is 2. The fourth-order valence-electron chi connectivity index (χ4n) is 3.69. The zero-order valence-corrected chi connectivity index (χ0v) is 17.9. The maximum Gasteiger partial charge on any atom is 0.280 e. The Balaban J connectivity index is 1.86. The fraction of sp³-hybridized carbons (Fsp3) is 0.348. The maximum absolute atomic E-state index is 13.5. The second-order valence-electron chi connectivity index (χ2n) is 7.97. The molecule has 1 fully saturated rings. The van der Waals surface area contributed by atoms with Crippen molar-refractivity contribution in [3.8, 4) is 28.3 Å². The first kappa shape index (κ1) is 22.9. The Morgan fingerprint density at radius 2 is 1.79 bits per heavy atom. The SMILES string of the molecule is Cc1cc(-c2c(OCC3(O)CCOCC3)nc(N)nc2-c2ccc(F)cc2)cc(C(F)F)n1. The molecule has 1 aliphatic heterocycles. The maximum atomic E-state index is 13.5. The van der Waals surface area contributed by atoms with Crippen LogP contribution in [0.25, 0.3) is 22.4 Å². The molecule has 0 unspecified atom stereocenters. The number of pyridine rings is 1. The molecule has 10 heteroatoms. The van der Waals surface area contributed by atoms with Gasteiger partial charge in [0.1, 0.15) is 23.7 Å². The molecule has 33 heavy (non-hydrogen) atoms. The minimum atomic E-state index is -2.79. The van der Waals surface area contributed by atoms with Crippen molar-refractivity contribution in [2.24, 2.45) is 0 Å². The van der Waals surface area contributed by atoms with E-state index in [0.29, 0.717) is 48.4 Å². The van der Waals surface area contributed by atoms with Crippen molar-refractivity contribution >= 4 is 5.95 Å². The van der Waals surface area contributed by atoms with Crippen molar-refractivity contribution in [3.05, 3.63) is 53.6 Å². The summed E-state index contributed by atoms with van der Waals surface area (Å²) in [6.45, 7) is 2.27. The molecule has 0 saturated carbocycles. The van der Waals surface area contributed by atoms with Gasteiger partial charge in [0.2, 0.25) is 11.8 Å².